The van der Waals surface area contributed by atoms with Crippen molar-refractivity contribution in [1.82, 2.24) is 9.55 Å². The number of amides is 1. The van der Waals surface area contributed by atoms with Crippen molar-refractivity contribution in [3.8, 4) is 0 Å². The first kappa shape index (κ1) is 13.6. The smallest absolute Gasteiger partial charge is 0.272 e. The van der Waals surface area contributed by atoms with Gasteiger partial charge in [-0.15, -0.1) is 0 Å². The Kier molecular flexibility index (Phi) is 2.98. The maximum Gasteiger partial charge on any atom is 0.272 e. The van der Waals surface area contributed by atoms with Crippen LogP contribution in [-0.2, 0) is 7.05 Å². The predicted molar refractivity (Wildman–Crippen MR) is 93.9 cm³/mol. The molecule has 1 amide bonds. The van der Waals surface area contributed by atoms with E-state index < -0.39 is 0 Å². The highest BCUT2D eigenvalue weighted by Gasteiger charge is 2.16. The molecule has 23 heavy (non-hydrogen) atoms. The minimum Gasteiger partial charge on any atom is -0.357 e. The Morgan fingerprint density at radius 2 is 1.83 bits per heavy atom. The zero-order valence-electron chi connectivity index (χ0n) is 13.1. The van der Waals surface area contributed by atoms with Crippen molar-refractivity contribution >= 4 is 33.4 Å². The molecule has 2 aromatic carbocycles. The summed E-state index contributed by atoms with van der Waals surface area (Å²) in [6, 6.07) is 17.9. The SMILES string of the molecule is Cc1[nH]c2ccccc2c1NC(=O)c1cc2ccccc2n1C. The average Bonchev–Trinajstić information content (AvgIpc) is 3.06. The number of para-hydroxylation sites is 2. The molecule has 2 aromatic heterocycles. The number of carbonyl (C=O) groups excluding carboxylic acids is 1. The molecule has 4 aromatic rings. The van der Waals surface area contributed by atoms with Gasteiger partial charge >= 0.3 is 0 Å². The highest BCUT2D eigenvalue weighted by atomic mass is 16.1. The molecular weight excluding hydrogens is 286 g/mol. The normalized spacial score (nSPS) is 11.2. The van der Waals surface area contributed by atoms with Crippen LogP contribution in [0.4, 0.5) is 5.69 Å². The highest BCUT2D eigenvalue weighted by Crippen LogP contribution is 2.28. The second-order valence-corrected chi connectivity index (χ2v) is 5.77. The molecule has 0 unspecified atom stereocenters. The molecule has 4 rings (SSSR count). The molecule has 0 saturated carbocycles. The van der Waals surface area contributed by atoms with Crippen LogP contribution in [0.2, 0.25) is 0 Å². The zero-order valence-corrected chi connectivity index (χ0v) is 13.1. The number of nitrogens with zero attached hydrogens (tertiary/aromatic N) is 1. The minimum atomic E-state index is -0.100. The summed E-state index contributed by atoms with van der Waals surface area (Å²) in [5.41, 5.74) is 4.52. The van der Waals surface area contributed by atoms with Crippen LogP contribution in [-0.4, -0.2) is 15.5 Å². The Labute approximate surface area is 133 Å². The second kappa shape index (κ2) is 5.02. The van der Waals surface area contributed by atoms with Crippen LogP contribution in [0.15, 0.2) is 54.6 Å². The summed E-state index contributed by atoms with van der Waals surface area (Å²) in [4.78, 5) is 16.1. The van der Waals surface area contributed by atoms with Crippen LogP contribution < -0.4 is 5.32 Å². The number of aryl methyl sites for hydroxylation is 2. The largest absolute Gasteiger partial charge is 0.357 e. The number of anilines is 1. The standard InChI is InChI=1S/C19H17N3O/c1-12-18(14-8-4-5-9-15(14)20-12)21-19(23)17-11-13-7-3-6-10-16(13)22(17)2/h3-11,20H,1-2H3,(H,21,23). The van der Waals surface area contributed by atoms with E-state index in [0.29, 0.717) is 5.69 Å². The number of rotatable bonds is 2. The predicted octanol–water partition coefficient (Wildman–Crippen LogP) is 4.22. The number of H-pyrrole nitrogens is 1. The van der Waals surface area contributed by atoms with Gasteiger partial charge in [-0.2, -0.15) is 0 Å². The van der Waals surface area contributed by atoms with Crippen molar-refractivity contribution in [1.29, 1.82) is 0 Å². The first-order chi connectivity index (χ1) is 11.1. The van der Waals surface area contributed by atoms with Gasteiger partial charge in [-0.25, -0.2) is 0 Å². The Bertz CT molecular complexity index is 1040. The summed E-state index contributed by atoms with van der Waals surface area (Å²) in [7, 11) is 1.92. The molecule has 4 heteroatoms. The quantitative estimate of drug-likeness (QED) is 0.572. The van der Waals surface area contributed by atoms with Gasteiger partial charge < -0.3 is 14.9 Å². The molecule has 0 atom stereocenters. The molecule has 2 N–H and O–H groups in total. The fourth-order valence-electron chi connectivity index (χ4n) is 3.12. The maximum absolute atomic E-state index is 12.8. The molecule has 4 nitrogen and oxygen atoms in total. The molecule has 0 aliphatic rings. The molecule has 0 saturated heterocycles. The van der Waals surface area contributed by atoms with Crippen molar-refractivity contribution in [3.05, 3.63) is 66.0 Å². The summed E-state index contributed by atoms with van der Waals surface area (Å²) in [6.45, 7) is 1.97. The van der Waals surface area contributed by atoms with Crippen LogP contribution in [0, 0.1) is 6.92 Å². The molecule has 0 radical (unpaired) electrons. The van der Waals surface area contributed by atoms with Gasteiger partial charge in [0.2, 0.25) is 0 Å². The van der Waals surface area contributed by atoms with Crippen molar-refractivity contribution in [2.45, 2.75) is 6.92 Å². The van der Waals surface area contributed by atoms with E-state index in [2.05, 4.69) is 10.3 Å². The van der Waals surface area contributed by atoms with Crippen molar-refractivity contribution in [3.63, 3.8) is 0 Å². The van der Waals surface area contributed by atoms with Crippen molar-refractivity contribution < 1.29 is 4.79 Å². The Morgan fingerprint density at radius 1 is 1.09 bits per heavy atom. The zero-order chi connectivity index (χ0) is 16.0. The first-order valence-electron chi connectivity index (χ1n) is 7.58. The molecular formula is C19H17N3O. The lowest BCUT2D eigenvalue weighted by atomic mass is 10.2. The third-order valence-corrected chi connectivity index (χ3v) is 4.32. The molecule has 0 fully saturated rings. The number of carbonyl (C=O) groups is 1. The number of hydrogen-bond acceptors (Lipinski definition) is 1. The van der Waals surface area contributed by atoms with Crippen LogP contribution >= 0.6 is 0 Å². The van der Waals surface area contributed by atoms with E-state index in [1.54, 1.807) is 0 Å². The first-order valence-corrected chi connectivity index (χ1v) is 7.58. The lowest BCUT2D eigenvalue weighted by Gasteiger charge is -2.07. The van der Waals surface area contributed by atoms with E-state index >= 15 is 0 Å². The average molecular weight is 303 g/mol. The summed E-state index contributed by atoms with van der Waals surface area (Å²) >= 11 is 0. The molecule has 0 aliphatic heterocycles. The summed E-state index contributed by atoms with van der Waals surface area (Å²) < 4.78 is 1.93. The fraction of sp³-hybridized carbons (Fsp3) is 0.105. The van der Waals surface area contributed by atoms with Gasteiger partial charge in [0.1, 0.15) is 5.69 Å². The lowest BCUT2D eigenvalue weighted by Crippen LogP contribution is -2.15. The van der Waals surface area contributed by atoms with E-state index in [0.717, 1.165) is 33.2 Å². The van der Waals surface area contributed by atoms with Gasteiger partial charge in [0.05, 0.1) is 5.69 Å². The highest BCUT2D eigenvalue weighted by molar-refractivity contribution is 6.10. The van der Waals surface area contributed by atoms with Crippen LogP contribution in [0.1, 0.15) is 16.2 Å². The number of aromatic amines is 1. The van der Waals surface area contributed by atoms with Crippen molar-refractivity contribution in [2.75, 3.05) is 5.32 Å². The molecule has 0 bridgehead atoms. The van der Waals surface area contributed by atoms with Crippen LogP contribution in [0.3, 0.4) is 0 Å². The lowest BCUT2D eigenvalue weighted by molar-refractivity contribution is 0.102. The summed E-state index contributed by atoms with van der Waals surface area (Å²) in [5.74, 6) is -0.100. The van der Waals surface area contributed by atoms with Gasteiger partial charge in [-0.1, -0.05) is 36.4 Å². The number of aromatic nitrogens is 2. The topological polar surface area (TPSA) is 49.8 Å². The van der Waals surface area contributed by atoms with E-state index in [9.17, 15) is 4.79 Å². The Morgan fingerprint density at radius 3 is 2.65 bits per heavy atom. The molecule has 114 valence electrons. The third kappa shape index (κ3) is 2.11. The number of fused-ring (bicyclic) bond motifs is 2. The molecule has 0 aliphatic carbocycles. The van der Waals surface area contributed by atoms with Crippen LogP contribution in [0.25, 0.3) is 21.8 Å². The Balaban J connectivity index is 1.76. The van der Waals surface area contributed by atoms with E-state index in [1.165, 1.54) is 0 Å². The summed E-state index contributed by atoms with van der Waals surface area (Å²) in [6.07, 6.45) is 0. The van der Waals surface area contributed by atoms with Gasteiger partial charge in [0.15, 0.2) is 0 Å². The monoisotopic (exact) mass is 303 g/mol. The fourth-order valence-corrected chi connectivity index (χ4v) is 3.12. The van der Waals surface area contributed by atoms with Gasteiger partial charge in [0.25, 0.3) is 5.91 Å². The van der Waals surface area contributed by atoms with E-state index in [1.807, 2.05) is 73.1 Å². The molecule has 2 heterocycles. The van der Waals surface area contributed by atoms with Crippen molar-refractivity contribution in [2.24, 2.45) is 7.05 Å². The third-order valence-electron chi connectivity index (χ3n) is 4.32. The Hall–Kier alpha value is -3.01. The van der Waals surface area contributed by atoms with Gasteiger partial charge in [0, 0.05) is 34.5 Å². The van der Waals surface area contributed by atoms with E-state index in [-0.39, 0.29) is 5.91 Å². The van der Waals surface area contributed by atoms with E-state index in [4.69, 9.17) is 0 Å². The number of benzene rings is 2. The summed E-state index contributed by atoms with van der Waals surface area (Å²) in [5, 5.41) is 5.15. The number of nitrogens with one attached hydrogen (secondary N) is 2. The van der Waals surface area contributed by atoms with Gasteiger partial charge in [-0.3, -0.25) is 4.79 Å². The second-order valence-electron chi connectivity index (χ2n) is 5.77. The minimum absolute atomic E-state index is 0.100. The molecule has 0 spiro atoms. The number of hydrogen-bond donors (Lipinski definition) is 2. The van der Waals surface area contributed by atoms with Crippen LogP contribution in [0.5, 0.6) is 0 Å². The van der Waals surface area contributed by atoms with Gasteiger partial charge in [-0.05, 0) is 25.1 Å². The maximum atomic E-state index is 12.8.